The molecule has 0 bridgehead atoms. The first kappa shape index (κ1) is 28.2. The Bertz CT molecular complexity index is 1590. The molecule has 1 saturated carbocycles. The largest absolute Gasteiger partial charge is 0.480 e. The lowest BCUT2D eigenvalue weighted by Crippen LogP contribution is -2.28. The fraction of sp³-hybridized carbons (Fsp3) is 0.370. The quantitative estimate of drug-likeness (QED) is 0.257. The number of nitrogens with zero attached hydrogens (tertiary/aromatic N) is 5. The van der Waals surface area contributed by atoms with Crippen LogP contribution in [0.5, 0.6) is 5.88 Å². The summed E-state index contributed by atoms with van der Waals surface area (Å²) in [5.74, 6) is -1.16. The Kier molecular flexibility index (Phi) is 7.26. The van der Waals surface area contributed by atoms with Gasteiger partial charge < -0.3 is 14.6 Å². The van der Waals surface area contributed by atoms with E-state index in [4.69, 9.17) is 9.26 Å². The molecule has 9 nitrogen and oxygen atoms in total. The van der Waals surface area contributed by atoms with Gasteiger partial charge >= 0.3 is 6.18 Å². The van der Waals surface area contributed by atoms with Crippen LogP contribution in [0.25, 0.3) is 11.1 Å². The molecule has 1 fully saturated rings. The normalized spacial score (nSPS) is 15.0. The average Bonchev–Trinajstić information content (AvgIpc) is 3.44. The predicted molar refractivity (Wildman–Crippen MR) is 135 cm³/mol. The molecule has 4 aromatic rings. The van der Waals surface area contributed by atoms with Crippen LogP contribution in [0.3, 0.4) is 0 Å². The van der Waals surface area contributed by atoms with Gasteiger partial charge in [-0.05, 0) is 43.9 Å². The van der Waals surface area contributed by atoms with Crippen LogP contribution in [0.4, 0.5) is 27.8 Å². The minimum absolute atomic E-state index is 0.0744. The summed E-state index contributed by atoms with van der Waals surface area (Å²) < 4.78 is 79.6. The minimum Gasteiger partial charge on any atom is -0.480 e. The zero-order valence-corrected chi connectivity index (χ0v) is 22.2. The Morgan fingerprint density at radius 1 is 1.24 bits per heavy atom. The van der Waals surface area contributed by atoms with Gasteiger partial charge in [0.2, 0.25) is 11.8 Å². The number of amides is 1. The zero-order chi connectivity index (χ0) is 29.5. The molecule has 1 aromatic carbocycles. The Labute approximate surface area is 230 Å². The van der Waals surface area contributed by atoms with Crippen LogP contribution in [0.15, 0.2) is 41.2 Å². The maximum atomic E-state index is 15.0. The Morgan fingerprint density at radius 3 is 2.61 bits per heavy atom. The lowest BCUT2D eigenvalue weighted by Gasteiger charge is -2.14. The number of halogens is 5. The summed E-state index contributed by atoms with van der Waals surface area (Å²) >= 11 is 0. The number of benzene rings is 1. The van der Waals surface area contributed by atoms with Gasteiger partial charge in [-0.1, -0.05) is 17.3 Å². The highest BCUT2D eigenvalue weighted by Gasteiger charge is 2.66. The number of aryl methyl sites for hydroxylation is 1. The van der Waals surface area contributed by atoms with Crippen molar-refractivity contribution in [2.45, 2.75) is 57.4 Å². The standard InChI is InChI=1S/C27H25F5N6O3/c1-14-19(12-33-22(34-14)9-18-13-38(15(2)28)36-25(18)40-3)16-4-5-17(20(29)8-16)10-24(39)35-23-11-21(41-37-23)26(6-7-26)27(30,31)32/h4-5,8,11-13,15H,6-7,9-10H2,1-3H3,(H,35,37,39). The number of nitrogens with one attached hydrogen (secondary N) is 1. The van der Waals surface area contributed by atoms with Crippen molar-refractivity contribution in [1.29, 1.82) is 0 Å². The van der Waals surface area contributed by atoms with E-state index >= 15 is 0 Å². The number of hydrogen-bond donors (Lipinski definition) is 1. The van der Waals surface area contributed by atoms with Gasteiger partial charge in [0, 0.05) is 41.7 Å². The first-order chi connectivity index (χ1) is 19.4. The summed E-state index contributed by atoms with van der Waals surface area (Å²) in [5.41, 5.74) is 0.235. The van der Waals surface area contributed by atoms with Crippen molar-refractivity contribution in [3.8, 4) is 17.0 Å². The molecule has 0 spiro atoms. The number of anilines is 1. The average molecular weight is 577 g/mol. The van der Waals surface area contributed by atoms with Crippen LogP contribution in [-0.4, -0.2) is 44.1 Å². The minimum atomic E-state index is -4.48. The highest BCUT2D eigenvalue weighted by atomic mass is 19.4. The molecule has 1 amide bonds. The van der Waals surface area contributed by atoms with E-state index in [9.17, 15) is 26.7 Å². The summed E-state index contributed by atoms with van der Waals surface area (Å²) in [6.45, 7) is 3.08. The summed E-state index contributed by atoms with van der Waals surface area (Å²) in [4.78, 5) is 21.3. The van der Waals surface area contributed by atoms with E-state index in [2.05, 4.69) is 25.5 Å². The number of aromatic nitrogens is 5. The molecule has 1 N–H and O–H groups in total. The molecular formula is C27H25F5N6O3. The Morgan fingerprint density at radius 2 is 2.00 bits per heavy atom. The summed E-state index contributed by atoms with van der Waals surface area (Å²) in [6.07, 6.45) is -3.09. The maximum Gasteiger partial charge on any atom is 0.401 e. The summed E-state index contributed by atoms with van der Waals surface area (Å²) in [5, 5.41) is 9.91. The SMILES string of the molecule is COc1nn(C(C)F)cc1Cc1ncc(-c2ccc(CC(=O)Nc3cc(C4(C(F)(F)F)CC4)on3)c(F)c2)c(C)n1. The van der Waals surface area contributed by atoms with Crippen LogP contribution < -0.4 is 10.1 Å². The Hall–Kier alpha value is -4.36. The molecule has 0 radical (unpaired) electrons. The fourth-order valence-electron chi connectivity index (χ4n) is 4.51. The van der Waals surface area contributed by atoms with Gasteiger partial charge in [-0.25, -0.2) is 23.4 Å². The second-order valence-electron chi connectivity index (χ2n) is 9.87. The molecule has 0 saturated heterocycles. The molecule has 14 heteroatoms. The van der Waals surface area contributed by atoms with Crippen molar-refractivity contribution in [2.24, 2.45) is 0 Å². The van der Waals surface area contributed by atoms with Crippen molar-refractivity contribution in [2.75, 3.05) is 12.4 Å². The third-order valence-electron chi connectivity index (χ3n) is 6.96. The molecule has 5 rings (SSSR count). The van der Waals surface area contributed by atoms with Crippen molar-refractivity contribution in [3.05, 3.63) is 70.9 Å². The van der Waals surface area contributed by atoms with E-state index < -0.39 is 29.6 Å². The maximum absolute atomic E-state index is 15.0. The van der Waals surface area contributed by atoms with Crippen molar-refractivity contribution in [1.82, 2.24) is 24.9 Å². The monoisotopic (exact) mass is 576 g/mol. The lowest BCUT2D eigenvalue weighted by atomic mass is 10.0. The highest BCUT2D eigenvalue weighted by molar-refractivity contribution is 5.91. The molecule has 1 aliphatic carbocycles. The van der Waals surface area contributed by atoms with Gasteiger partial charge in [0.25, 0.3) is 0 Å². The zero-order valence-electron chi connectivity index (χ0n) is 22.2. The van der Waals surface area contributed by atoms with Crippen LogP contribution >= 0.6 is 0 Å². The molecular weight excluding hydrogens is 551 g/mol. The van der Waals surface area contributed by atoms with Gasteiger partial charge in [0.1, 0.15) is 17.1 Å². The topological polar surface area (TPSA) is 108 Å². The third-order valence-corrected chi connectivity index (χ3v) is 6.96. The van der Waals surface area contributed by atoms with Gasteiger partial charge in [0.05, 0.1) is 13.5 Å². The second-order valence-corrected chi connectivity index (χ2v) is 9.87. The molecule has 41 heavy (non-hydrogen) atoms. The number of carbonyl (C=O) groups excluding carboxylic acids is 1. The summed E-state index contributed by atoms with van der Waals surface area (Å²) in [6, 6.07) is 5.35. The second kappa shape index (κ2) is 10.6. The van der Waals surface area contributed by atoms with Crippen LogP contribution in [0, 0.1) is 12.7 Å². The van der Waals surface area contributed by atoms with Gasteiger partial charge in [-0.2, -0.15) is 13.2 Å². The van der Waals surface area contributed by atoms with Crippen LogP contribution in [-0.2, 0) is 23.1 Å². The van der Waals surface area contributed by atoms with Crippen LogP contribution in [0.1, 0.15) is 54.5 Å². The first-order valence-corrected chi connectivity index (χ1v) is 12.6. The smallest absolute Gasteiger partial charge is 0.401 e. The highest BCUT2D eigenvalue weighted by Crippen LogP contribution is 2.59. The Balaban J connectivity index is 1.25. The number of ether oxygens (including phenoxy) is 1. The van der Waals surface area contributed by atoms with Crippen molar-refractivity contribution in [3.63, 3.8) is 0 Å². The molecule has 1 atom stereocenters. The van der Waals surface area contributed by atoms with Gasteiger partial charge in [-0.3, -0.25) is 4.79 Å². The van der Waals surface area contributed by atoms with E-state index in [1.165, 1.54) is 32.4 Å². The van der Waals surface area contributed by atoms with Crippen LogP contribution in [0.2, 0.25) is 0 Å². The lowest BCUT2D eigenvalue weighted by molar-refractivity contribution is -0.165. The first-order valence-electron chi connectivity index (χ1n) is 12.6. The van der Waals surface area contributed by atoms with E-state index in [-0.39, 0.29) is 48.7 Å². The molecule has 1 aliphatic rings. The van der Waals surface area contributed by atoms with Gasteiger partial charge in [-0.15, -0.1) is 5.10 Å². The summed E-state index contributed by atoms with van der Waals surface area (Å²) in [7, 11) is 1.43. The van der Waals surface area contributed by atoms with Gasteiger partial charge in [0.15, 0.2) is 17.9 Å². The van der Waals surface area contributed by atoms with Crippen molar-refractivity contribution < 1.29 is 36.0 Å². The number of carbonyl (C=O) groups is 1. The van der Waals surface area contributed by atoms with E-state index in [0.717, 1.165) is 10.7 Å². The number of alkyl halides is 4. The third kappa shape index (κ3) is 5.63. The predicted octanol–water partition coefficient (Wildman–Crippen LogP) is 5.64. The van der Waals surface area contributed by atoms with E-state index in [1.54, 1.807) is 19.2 Å². The molecule has 0 aliphatic heterocycles. The number of methoxy groups -OCH3 is 1. The number of rotatable bonds is 9. The number of hydrogen-bond acceptors (Lipinski definition) is 7. The van der Waals surface area contributed by atoms with E-state index in [0.29, 0.717) is 28.2 Å². The van der Waals surface area contributed by atoms with Crippen molar-refractivity contribution >= 4 is 11.7 Å². The molecule has 216 valence electrons. The fourth-order valence-corrected chi connectivity index (χ4v) is 4.51. The van der Waals surface area contributed by atoms with E-state index in [1.807, 2.05) is 0 Å². The molecule has 3 heterocycles. The molecule has 1 unspecified atom stereocenters. The molecule has 3 aromatic heterocycles.